The van der Waals surface area contributed by atoms with E-state index in [4.69, 9.17) is 19.4 Å². The van der Waals surface area contributed by atoms with Gasteiger partial charge in [0.1, 0.15) is 0 Å². The van der Waals surface area contributed by atoms with E-state index in [0.717, 1.165) is 0 Å². The van der Waals surface area contributed by atoms with Gasteiger partial charge >= 0.3 is 0 Å². The SMILES string of the molecule is [B]c1nnc2cc(Cl)ccn12. The van der Waals surface area contributed by atoms with Crippen LogP contribution in [0.2, 0.25) is 5.02 Å². The third-order valence-electron chi connectivity index (χ3n) is 1.40. The smallest absolute Gasteiger partial charge is 0.170 e. The van der Waals surface area contributed by atoms with E-state index in [1.807, 2.05) is 0 Å². The Hall–Kier alpha value is -1.03. The lowest BCUT2D eigenvalue weighted by Gasteiger charge is -1.93. The molecule has 2 aromatic heterocycles. The Bertz CT molecular complexity index is 398. The van der Waals surface area contributed by atoms with Crippen molar-refractivity contribution in [2.45, 2.75) is 0 Å². The van der Waals surface area contributed by atoms with Gasteiger partial charge in [0.05, 0.1) is 5.72 Å². The monoisotopic (exact) mass is 163 g/mol. The first-order valence-corrected chi connectivity index (χ1v) is 3.41. The standard InChI is InChI=1S/C6H3BClN3/c7-6-10-9-5-3-4(8)1-2-11(5)6/h1-3H. The topological polar surface area (TPSA) is 30.2 Å². The Balaban J connectivity index is 2.86. The molecule has 0 saturated heterocycles. The van der Waals surface area contributed by atoms with E-state index >= 15 is 0 Å². The van der Waals surface area contributed by atoms with Crippen molar-refractivity contribution in [2.75, 3.05) is 0 Å². The Morgan fingerprint density at radius 2 is 2.27 bits per heavy atom. The zero-order chi connectivity index (χ0) is 7.84. The highest BCUT2D eigenvalue weighted by Gasteiger charge is 1.98. The van der Waals surface area contributed by atoms with E-state index in [9.17, 15) is 0 Å². The van der Waals surface area contributed by atoms with Crippen molar-refractivity contribution in [1.29, 1.82) is 0 Å². The Morgan fingerprint density at radius 3 is 3.09 bits per heavy atom. The number of aromatic nitrogens is 3. The lowest BCUT2D eigenvalue weighted by molar-refractivity contribution is 1.14. The highest BCUT2D eigenvalue weighted by Crippen LogP contribution is 2.08. The first-order valence-electron chi connectivity index (χ1n) is 3.03. The predicted molar refractivity (Wildman–Crippen MR) is 43.4 cm³/mol. The minimum atomic E-state index is 0.372. The van der Waals surface area contributed by atoms with Crippen LogP contribution in [0.25, 0.3) is 5.65 Å². The van der Waals surface area contributed by atoms with Crippen molar-refractivity contribution in [3.8, 4) is 0 Å². The second kappa shape index (κ2) is 2.24. The van der Waals surface area contributed by atoms with Gasteiger partial charge in [0.25, 0.3) is 0 Å². The number of hydrogen-bond donors (Lipinski definition) is 0. The number of hydrogen-bond acceptors (Lipinski definition) is 2. The molecule has 11 heavy (non-hydrogen) atoms. The summed E-state index contributed by atoms with van der Waals surface area (Å²) in [5.41, 5.74) is 1.03. The molecule has 0 aliphatic heterocycles. The van der Waals surface area contributed by atoms with Gasteiger partial charge in [-0.15, -0.1) is 10.2 Å². The molecule has 0 fully saturated rings. The van der Waals surface area contributed by atoms with Gasteiger partial charge in [0.2, 0.25) is 0 Å². The molecule has 0 aliphatic rings. The normalized spacial score (nSPS) is 10.6. The van der Waals surface area contributed by atoms with Gasteiger partial charge in [-0.1, -0.05) is 11.6 Å². The average Bonchev–Trinajstić information content (AvgIpc) is 2.32. The van der Waals surface area contributed by atoms with Gasteiger partial charge in [0, 0.05) is 17.3 Å². The van der Waals surface area contributed by atoms with Crippen LogP contribution in [0.15, 0.2) is 18.3 Å². The molecule has 0 atom stereocenters. The van der Waals surface area contributed by atoms with Crippen LogP contribution in [0.1, 0.15) is 0 Å². The van der Waals surface area contributed by atoms with E-state index in [1.54, 1.807) is 22.7 Å². The molecular formula is C6H3BClN3. The van der Waals surface area contributed by atoms with Crippen molar-refractivity contribution >= 4 is 30.8 Å². The van der Waals surface area contributed by atoms with Crippen LogP contribution in [0.5, 0.6) is 0 Å². The third kappa shape index (κ3) is 0.992. The van der Waals surface area contributed by atoms with E-state index in [2.05, 4.69) is 10.2 Å². The van der Waals surface area contributed by atoms with E-state index in [0.29, 0.717) is 16.4 Å². The molecule has 0 spiro atoms. The third-order valence-corrected chi connectivity index (χ3v) is 1.63. The molecule has 0 N–H and O–H groups in total. The highest BCUT2D eigenvalue weighted by atomic mass is 35.5. The largest absolute Gasteiger partial charge is 0.296 e. The summed E-state index contributed by atoms with van der Waals surface area (Å²) >= 11 is 5.71. The highest BCUT2D eigenvalue weighted by molar-refractivity contribution is 6.31. The molecule has 2 heterocycles. The van der Waals surface area contributed by atoms with Crippen LogP contribution < -0.4 is 5.72 Å². The maximum Gasteiger partial charge on any atom is 0.170 e. The molecule has 5 heteroatoms. The molecule has 0 aliphatic carbocycles. The molecule has 0 unspecified atom stereocenters. The molecule has 2 rings (SSSR count). The summed E-state index contributed by atoms with van der Waals surface area (Å²) in [6.45, 7) is 0. The van der Waals surface area contributed by atoms with Gasteiger partial charge in [0.15, 0.2) is 13.5 Å². The van der Waals surface area contributed by atoms with Crippen molar-refractivity contribution in [2.24, 2.45) is 0 Å². The van der Waals surface area contributed by atoms with Crippen molar-refractivity contribution < 1.29 is 0 Å². The van der Waals surface area contributed by atoms with Crippen LogP contribution >= 0.6 is 11.6 Å². The minimum Gasteiger partial charge on any atom is -0.296 e. The van der Waals surface area contributed by atoms with Crippen LogP contribution in [-0.2, 0) is 0 Å². The zero-order valence-electron chi connectivity index (χ0n) is 5.53. The van der Waals surface area contributed by atoms with E-state index in [-0.39, 0.29) is 0 Å². The lowest BCUT2D eigenvalue weighted by atomic mass is 10.1. The first kappa shape index (κ1) is 6.67. The molecule has 2 radical (unpaired) electrons. The number of nitrogens with zero attached hydrogens (tertiary/aromatic N) is 3. The first-order chi connectivity index (χ1) is 5.27. The quantitative estimate of drug-likeness (QED) is 0.519. The van der Waals surface area contributed by atoms with Gasteiger partial charge in [-0.3, -0.25) is 4.40 Å². The number of rotatable bonds is 0. The molecule has 0 amide bonds. The average molecular weight is 163 g/mol. The fourth-order valence-corrected chi connectivity index (χ4v) is 1.04. The summed E-state index contributed by atoms with van der Waals surface area (Å²) < 4.78 is 1.66. The summed E-state index contributed by atoms with van der Waals surface area (Å²) in [5, 5.41) is 8.08. The van der Waals surface area contributed by atoms with Gasteiger partial charge in [-0.2, -0.15) is 0 Å². The van der Waals surface area contributed by atoms with Gasteiger partial charge < -0.3 is 0 Å². The van der Waals surface area contributed by atoms with Crippen molar-refractivity contribution in [3.05, 3.63) is 23.4 Å². The summed E-state index contributed by atoms with van der Waals surface area (Å²) in [6, 6.07) is 3.43. The molecule has 0 saturated carbocycles. The van der Waals surface area contributed by atoms with Crippen LogP contribution in [0, 0.1) is 0 Å². The predicted octanol–water partition coefficient (Wildman–Crippen LogP) is 0.176. The second-order valence-corrected chi connectivity index (χ2v) is 2.57. The Kier molecular flexibility index (Phi) is 1.36. The maximum atomic E-state index is 5.71. The number of halogens is 1. The van der Waals surface area contributed by atoms with Gasteiger partial charge in [-0.25, -0.2) is 0 Å². The molecule has 0 bridgehead atoms. The Morgan fingerprint density at radius 1 is 1.45 bits per heavy atom. The van der Waals surface area contributed by atoms with Crippen molar-refractivity contribution in [3.63, 3.8) is 0 Å². The van der Waals surface area contributed by atoms with Crippen molar-refractivity contribution in [1.82, 2.24) is 14.6 Å². The van der Waals surface area contributed by atoms with Crippen LogP contribution in [0.4, 0.5) is 0 Å². The molecule has 52 valence electrons. The van der Waals surface area contributed by atoms with Crippen LogP contribution in [-0.4, -0.2) is 22.4 Å². The summed E-state index contributed by atoms with van der Waals surface area (Å²) in [4.78, 5) is 0. The zero-order valence-corrected chi connectivity index (χ0v) is 6.28. The minimum absolute atomic E-state index is 0.372. The summed E-state index contributed by atoms with van der Waals surface area (Å²) in [5.74, 6) is 0. The number of pyridine rings is 1. The fourth-order valence-electron chi connectivity index (χ4n) is 0.885. The maximum absolute atomic E-state index is 5.71. The molecule has 0 aromatic carbocycles. The summed E-state index contributed by atoms with van der Waals surface area (Å²) in [6.07, 6.45) is 1.73. The van der Waals surface area contributed by atoms with Gasteiger partial charge in [-0.05, 0) is 6.07 Å². The van der Waals surface area contributed by atoms with E-state index in [1.165, 1.54) is 0 Å². The van der Waals surface area contributed by atoms with E-state index < -0.39 is 0 Å². The Labute approximate surface area is 69.4 Å². The lowest BCUT2D eigenvalue weighted by Crippen LogP contribution is -2.11. The van der Waals surface area contributed by atoms with Crippen LogP contribution in [0.3, 0.4) is 0 Å². The second-order valence-electron chi connectivity index (χ2n) is 2.13. The molecular weight excluding hydrogens is 160 g/mol. The fraction of sp³-hybridized carbons (Fsp3) is 0. The molecule has 3 nitrogen and oxygen atoms in total. The summed E-state index contributed by atoms with van der Waals surface area (Å²) in [7, 11) is 5.47. The number of fused-ring (bicyclic) bond motifs is 1. The molecule has 2 aromatic rings.